The fraction of sp³-hybridized carbons (Fsp3) is 0. The molecule has 0 bridgehead atoms. The van der Waals surface area contributed by atoms with E-state index in [1.807, 2.05) is 30.3 Å². The first kappa shape index (κ1) is 6.55. The second-order valence-corrected chi connectivity index (χ2v) is 2.77. The van der Waals surface area contributed by atoms with Crippen LogP contribution in [0.3, 0.4) is 0 Å². The topological polar surface area (TPSA) is 12.9 Å². The number of para-hydroxylation sites is 1. The minimum atomic E-state index is 0.822. The maximum absolute atomic E-state index is 5.09. The van der Waals surface area contributed by atoms with Gasteiger partial charge in [0.25, 0.3) is 0 Å². The minimum absolute atomic E-state index is 0.822. The van der Waals surface area contributed by atoms with E-state index in [1.54, 1.807) is 6.20 Å². The van der Waals surface area contributed by atoms with Crippen LogP contribution in [0.1, 0.15) is 0 Å². The molecule has 0 aliphatic rings. The predicted molar refractivity (Wildman–Crippen MR) is 47.6 cm³/mol. The van der Waals surface area contributed by atoms with Crippen molar-refractivity contribution in [2.75, 3.05) is 0 Å². The second-order valence-electron chi connectivity index (χ2n) is 2.33. The van der Waals surface area contributed by atoms with Crippen molar-refractivity contribution in [3.63, 3.8) is 0 Å². The highest BCUT2D eigenvalue weighted by atomic mass is 32.1. The summed E-state index contributed by atoms with van der Waals surface area (Å²) in [4.78, 5) is 5.00. The number of hydrogen-bond donors (Lipinski definition) is 0. The zero-order chi connectivity index (χ0) is 7.68. The van der Waals surface area contributed by atoms with Crippen LogP contribution >= 0.6 is 12.6 Å². The van der Waals surface area contributed by atoms with Gasteiger partial charge in [0.1, 0.15) is 0 Å². The van der Waals surface area contributed by atoms with Gasteiger partial charge in [-0.2, -0.15) is 0 Å². The summed E-state index contributed by atoms with van der Waals surface area (Å²) in [6.07, 6.45) is 1.76. The fourth-order valence-electron chi connectivity index (χ4n) is 1.08. The van der Waals surface area contributed by atoms with Crippen molar-refractivity contribution >= 4 is 23.5 Å². The van der Waals surface area contributed by atoms with Crippen molar-refractivity contribution in [2.45, 2.75) is 4.90 Å². The van der Waals surface area contributed by atoms with Crippen LogP contribution in [-0.4, -0.2) is 4.98 Å². The number of pyridine rings is 1. The molecule has 0 saturated carbocycles. The number of benzene rings is 1. The molecule has 2 rings (SSSR count). The third-order valence-corrected chi connectivity index (χ3v) is 1.93. The number of aromatic nitrogens is 1. The lowest BCUT2D eigenvalue weighted by Gasteiger charge is -1.96. The molecule has 1 nitrogen and oxygen atoms in total. The fourth-order valence-corrected chi connectivity index (χ4v) is 1.33. The molecule has 0 N–H and O–H groups in total. The first-order valence-electron chi connectivity index (χ1n) is 3.39. The number of nitrogens with zero attached hydrogens (tertiary/aromatic N) is 1. The Bertz CT molecular complexity index is 379. The molecule has 2 aromatic rings. The van der Waals surface area contributed by atoms with E-state index in [0.29, 0.717) is 0 Å². The Labute approximate surface area is 70.5 Å². The van der Waals surface area contributed by atoms with Crippen molar-refractivity contribution in [1.29, 1.82) is 0 Å². The van der Waals surface area contributed by atoms with Gasteiger partial charge in [-0.1, -0.05) is 30.8 Å². The predicted octanol–water partition coefficient (Wildman–Crippen LogP) is 2.79. The molecular formula is C9H6NS. The molecule has 0 aliphatic carbocycles. The number of rotatable bonds is 0. The standard InChI is InChI=1S/C9H6NS/c11-8-5-1-3-7-4-2-6-10-9(7)8/h1-6H. The molecule has 0 amide bonds. The maximum atomic E-state index is 5.09. The summed E-state index contributed by atoms with van der Waals surface area (Å²) in [5.41, 5.74) is 0.921. The third-order valence-electron chi connectivity index (χ3n) is 1.60. The van der Waals surface area contributed by atoms with E-state index in [-0.39, 0.29) is 0 Å². The highest BCUT2D eigenvalue weighted by Crippen LogP contribution is 2.18. The van der Waals surface area contributed by atoms with Crippen LogP contribution in [0.4, 0.5) is 0 Å². The van der Waals surface area contributed by atoms with Gasteiger partial charge in [-0.05, 0) is 12.1 Å². The summed E-state index contributed by atoms with van der Waals surface area (Å²) in [5.74, 6) is 0. The lowest BCUT2D eigenvalue weighted by Crippen LogP contribution is -1.77. The first-order chi connectivity index (χ1) is 5.38. The van der Waals surface area contributed by atoms with E-state index < -0.39 is 0 Å². The summed E-state index contributed by atoms with van der Waals surface area (Å²) >= 11 is 5.09. The smallest absolute Gasteiger partial charge is 0.0882 e. The molecule has 1 aromatic carbocycles. The van der Waals surface area contributed by atoms with Crippen molar-refractivity contribution in [3.8, 4) is 0 Å². The molecule has 0 saturated heterocycles. The average molecular weight is 160 g/mol. The van der Waals surface area contributed by atoms with Gasteiger partial charge in [-0.15, -0.1) is 0 Å². The van der Waals surface area contributed by atoms with Crippen LogP contribution in [0.15, 0.2) is 41.4 Å². The van der Waals surface area contributed by atoms with Crippen LogP contribution in [-0.2, 0) is 0 Å². The minimum Gasteiger partial charge on any atom is -0.255 e. The molecule has 1 aromatic heterocycles. The Kier molecular flexibility index (Phi) is 1.47. The van der Waals surface area contributed by atoms with Gasteiger partial charge in [-0.25, -0.2) is 0 Å². The number of hydrogen-bond acceptors (Lipinski definition) is 1. The van der Waals surface area contributed by atoms with Gasteiger partial charge in [0.15, 0.2) is 0 Å². The second kappa shape index (κ2) is 2.47. The summed E-state index contributed by atoms with van der Waals surface area (Å²) < 4.78 is 0. The van der Waals surface area contributed by atoms with Gasteiger partial charge < -0.3 is 0 Å². The SMILES string of the molecule is [S]c1cccc2cccnc12. The van der Waals surface area contributed by atoms with Crippen molar-refractivity contribution in [3.05, 3.63) is 36.5 Å². The van der Waals surface area contributed by atoms with Crippen LogP contribution < -0.4 is 0 Å². The quantitative estimate of drug-likeness (QED) is 0.577. The molecule has 1 radical (unpaired) electrons. The van der Waals surface area contributed by atoms with E-state index in [0.717, 1.165) is 15.8 Å². The Hall–Kier alpha value is -1.15. The molecule has 0 unspecified atom stereocenters. The average Bonchev–Trinajstić information content (AvgIpc) is 2.06. The van der Waals surface area contributed by atoms with Crippen molar-refractivity contribution in [2.24, 2.45) is 0 Å². The van der Waals surface area contributed by atoms with E-state index in [4.69, 9.17) is 12.6 Å². The van der Waals surface area contributed by atoms with Gasteiger partial charge in [0, 0.05) is 11.6 Å². The molecule has 11 heavy (non-hydrogen) atoms. The first-order valence-corrected chi connectivity index (χ1v) is 3.79. The normalized spacial score (nSPS) is 10.2. The molecule has 53 valence electrons. The van der Waals surface area contributed by atoms with Gasteiger partial charge >= 0.3 is 0 Å². The van der Waals surface area contributed by atoms with E-state index in [1.165, 1.54) is 0 Å². The molecule has 0 atom stereocenters. The Morgan fingerprint density at radius 2 is 1.91 bits per heavy atom. The van der Waals surface area contributed by atoms with E-state index in [9.17, 15) is 0 Å². The third kappa shape index (κ3) is 1.05. The Balaban J connectivity index is 2.91. The zero-order valence-electron chi connectivity index (χ0n) is 5.82. The van der Waals surface area contributed by atoms with Crippen LogP contribution in [0.5, 0.6) is 0 Å². The lowest BCUT2D eigenvalue weighted by atomic mass is 10.2. The Morgan fingerprint density at radius 1 is 1.09 bits per heavy atom. The van der Waals surface area contributed by atoms with Crippen LogP contribution in [0.25, 0.3) is 10.9 Å². The molecule has 0 spiro atoms. The van der Waals surface area contributed by atoms with Gasteiger partial charge in [0.2, 0.25) is 0 Å². The lowest BCUT2D eigenvalue weighted by molar-refractivity contribution is 1.36. The largest absolute Gasteiger partial charge is 0.255 e. The molecule has 0 fully saturated rings. The van der Waals surface area contributed by atoms with Crippen molar-refractivity contribution in [1.82, 2.24) is 4.98 Å². The molecule has 0 aliphatic heterocycles. The van der Waals surface area contributed by atoms with Crippen LogP contribution in [0, 0.1) is 0 Å². The van der Waals surface area contributed by atoms with Gasteiger partial charge in [0.05, 0.1) is 10.4 Å². The Morgan fingerprint density at radius 3 is 2.73 bits per heavy atom. The maximum Gasteiger partial charge on any atom is 0.0882 e. The van der Waals surface area contributed by atoms with E-state index >= 15 is 0 Å². The summed E-state index contributed by atoms with van der Waals surface area (Å²) in [7, 11) is 0. The molecule has 1 heterocycles. The van der Waals surface area contributed by atoms with Crippen molar-refractivity contribution < 1.29 is 0 Å². The monoisotopic (exact) mass is 160 g/mol. The highest BCUT2D eigenvalue weighted by Gasteiger charge is 1.95. The van der Waals surface area contributed by atoms with Crippen LogP contribution in [0.2, 0.25) is 0 Å². The molecular weight excluding hydrogens is 154 g/mol. The highest BCUT2D eigenvalue weighted by molar-refractivity contribution is 7.80. The van der Waals surface area contributed by atoms with Gasteiger partial charge in [-0.3, -0.25) is 4.98 Å². The summed E-state index contributed by atoms with van der Waals surface area (Å²) in [6, 6.07) is 9.78. The van der Waals surface area contributed by atoms with E-state index in [2.05, 4.69) is 4.98 Å². The zero-order valence-corrected chi connectivity index (χ0v) is 6.64. The summed E-state index contributed by atoms with van der Waals surface area (Å²) in [5, 5.41) is 1.11. The number of fused-ring (bicyclic) bond motifs is 1. The molecule has 2 heteroatoms. The summed E-state index contributed by atoms with van der Waals surface area (Å²) in [6.45, 7) is 0.